The molecule has 0 heterocycles. The van der Waals surface area contributed by atoms with Crippen molar-refractivity contribution < 1.29 is 14.3 Å². The van der Waals surface area contributed by atoms with E-state index in [4.69, 9.17) is 22.1 Å². The summed E-state index contributed by atoms with van der Waals surface area (Å²) in [5.74, 6) is -0.889. The van der Waals surface area contributed by atoms with Crippen LogP contribution in [0.2, 0.25) is 5.02 Å². The number of nitrogen functional groups attached to an aromatic ring is 1. The first kappa shape index (κ1) is 15.3. The van der Waals surface area contributed by atoms with Crippen LogP contribution in [0.15, 0.2) is 18.2 Å². The smallest absolute Gasteiger partial charge is 0.340 e. The summed E-state index contributed by atoms with van der Waals surface area (Å²) < 4.78 is 4.94. The summed E-state index contributed by atoms with van der Waals surface area (Å²) in [6.45, 7) is 4.57. The Kier molecular flexibility index (Phi) is 5.63. The molecule has 0 radical (unpaired) electrons. The Balaban J connectivity index is 2.66. The van der Waals surface area contributed by atoms with Crippen LogP contribution in [0, 0.1) is 0 Å². The van der Waals surface area contributed by atoms with Crippen molar-refractivity contribution in [2.75, 3.05) is 25.4 Å². The number of carbonyl (C=O) groups excluding carboxylic acids is 2. The van der Waals surface area contributed by atoms with E-state index in [-0.39, 0.29) is 28.8 Å². The first-order chi connectivity index (χ1) is 9.01. The molecular formula is C13H17ClN2O3. The fourth-order valence-corrected chi connectivity index (χ4v) is 1.76. The van der Waals surface area contributed by atoms with Crippen molar-refractivity contribution in [1.29, 1.82) is 0 Å². The second-order valence-corrected chi connectivity index (χ2v) is 4.25. The Morgan fingerprint density at radius 2 is 1.95 bits per heavy atom. The second-order valence-electron chi connectivity index (χ2n) is 3.84. The molecule has 0 atom stereocenters. The van der Waals surface area contributed by atoms with Crippen LogP contribution in [-0.2, 0) is 9.53 Å². The van der Waals surface area contributed by atoms with E-state index < -0.39 is 5.97 Å². The highest BCUT2D eigenvalue weighted by Crippen LogP contribution is 2.22. The van der Waals surface area contributed by atoms with Crippen molar-refractivity contribution in [2.45, 2.75) is 13.8 Å². The summed E-state index contributed by atoms with van der Waals surface area (Å²) in [6, 6.07) is 4.68. The van der Waals surface area contributed by atoms with E-state index >= 15 is 0 Å². The fourth-order valence-electron chi connectivity index (χ4n) is 1.59. The number of nitrogens with two attached hydrogens (primary N) is 1. The number of halogens is 1. The highest BCUT2D eigenvalue weighted by Gasteiger charge is 2.16. The maximum atomic E-state index is 11.8. The zero-order chi connectivity index (χ0) is 14.4. The Hall–Kier alpha value is -1.75. The van der Waals surface area contributed by atoms with Crippen LogP contribution in [0.1, 0.15) is 24.2 Å². The molecule has 2 N–H and O–H groups in total. The van der Waals surface area contributed by atoms with Crippen LogP contribution in [-0.4, -0.2) is 36.5 Å². The van der Waals surface area contributed by atoms with Gasteiger partial charge in [0.25, 0.3) is 5.91 Å². The summed E-state index contributed by atoms with van der Waals surface area (Å²) >= 11 is 5.81. The number of anilines is 1. The number of para-hydroxylation sites is 1. The quantitative estimate of drug-likeness (QED) is 0.662. The third kappa shape index (κ3) is 3.86. The normalized spacial score (nSPS) is 10.1. The predicted molar refractivity (Wildman–Crippen MR) is 74.1 cm³/mol. The Labute approximate surface area is 117 Å². The highest BCUT2D eigenvalue weighted by atomic mass is 35.5. The van der Waals surface area contributed by atoms with Gasteiger partial charge in [0.2, 0.25) is 0 Å². The van der Waals surface area contributed by atoms with Gasteiger partial charge in [-0.3, -0.25) is 4.79 Å². The van der Waals surface area contributed by atoms with Gasteiger partial charge in [-0.25, -0.2) is 4.79 Å². The molecule has 6 heteroatoms. The number of esters is 1. The molecule has 1 aromatic carbocycles. The lowest BCUT2D eigenvalue weighted by Gasteiger charge is -2.18. The van der Waals surface area contributed by atoms with Crippen molar-refractivity contribution in [2.24, 2.45) is 0 Å². The lowest BCUT2D eigenvalue weighted by molar-refractivity contribution is -0.134. The lowest BCUT2D eigenvalue weighted by Crippen LogP contribution is -2.34. The number of benzene rings is 1. The van der Waals surface area contributed by atoms with Crippen LogP contribution < -0.4 is 5.73 Å². The maximum absolute atomic E-state index is 11.8. The van der Waals surface area contributed by atoms with Gasteiger partial charge in [0, 0.05) is 13.1 Å². The molecule has 1 amide bonds. The van der Waals surface area contributed by atoms with Crippen LogP contribution >= 0.6 is 11.6 Å². The van der Waals surface area contributed by atoms with E-state index in [0.29, 0.717) is 13.1 Å². The van der Waals surface area contributed by atoms with E-state index in [2.05, 4.69) is 0 Å². The average molecular weight is 285 g/mol. The predicted octanol–water partition coefficient (Wildman–Crippen LogP) is 1.95. The topological polar surface area (TPSA) is 72.6 Å². The molecular weight excluding hydrogens is 268 g/mol. The number of ether oxygens (including phenoxy) is 1. The first-order valence-corrected chi connectivity index (χ1v) is 6.37. The van der Waals surface area contributed by atoms with E-state index in [9.17, 15) is 9.59 Å². The zero-order valence-electron chi connectivity index (χ0n) is 11.0. The van der Waals surface area contributed by atoms with Gasteiger partial charge in [0.15, 0.2) is 6.61 Å². The Bertz CT molecular complexity index is 473. The molecule has 5 nitrogen and oxygen atoms in total. The summed E-state index contributed by atoms with van der Waals surface area (Å²) in [4.78, 5) is 25.1. The van der Waals surface area contributed by atoms with Crippen LogP contribution in [0.3, 0.4) is 0 Å². The molecule has 0 spiro atoms. The van der Waals surface area contributed by atoms with Gasteiger partial charge in [0.1, 0.15) is 0 Å². The van der Waals surface area contributed by atoms with Gasteiger partial charge < -0.3 is 15.4 Å². The number of likely N-dealkylation sites (N-methyl/N-ethyl adjacent to an activating group) is 1. The van der Waals surface area contributed by atoms with Gasteiger partial charge >= 0.3 is 5.97 Å². The summed E-state index contributed by atoms with van der Waals surface area (Å²) in [5.41, 5.74) is 6.00. The van der Waals surface area contributed by atoms with Crippen molar-refractivity contribution in [3.05, 3.63) is 28.8 Å². The molecule has 0 aliphatic carbocycles. The number of amides is 1. The highest BCUT2D eigenvalue weighted by molar-refractivity contribution is 6.33. The first-order valence-electron chi connectivity index (χ1n) is 6.00. The molecule has 0 saturated heterocycles. The molecule has 19 heavy (non-hydrogen) atoms. The van der Waals surface area contributed by atoms with E-state index in [1.165, 1.54) is 6.07 Å². The SMILES string of the molecule is CCN(CC)C(=O)COC(=O)c1cccc(Cl)c1N. The van der Waals surface area contributed by atoms with Gasteiger partial charge in [0.05, 0.1) is 16.3 Å². The zero-order valence-corrected chi connectivity index (χ0v) is 11.7. The van der Waals surface area contributed by atoms with Gasteiger partial charge in [-0.15, -0.1) is 0 Å². The molecule has 0 bridgehead atoms. The average Bonchev–Trinajstić information content (AvgIpc) is 2.40. The largest absolute Gasteiger partial charge is 0.452 e. The van der Waals surface area contributed by atoms with Crippen molar-refractivity contribution >= 4 is 29.2 Å². The van der Waals surface area contributed by atoms with E-state index in [1.54, 1.807) is 17.0 Å². The minimum absolute atomic E-state index is 0.157. The molecule has 104 valence electrons. The van der Waals surface area contributed by atoms with Crippen molar-refractivity contribution in [3.63, 3.8) is 0 Å². The van der Waals surface area contributed by atoms with Crippen LogP contribution in [0.25, 0.3) is 0 Å². The second kappa shape index (κ2) is 6.99. The third-order valence-corrected chi connectivity index (χ3v) is 3.05. The Morgan fingerprint density at radius 1 is 1.32 bits per heavy atom. The number of hydrogen-bond acceptors (Lipinski definition) is 4. The summed E-state index contributed by atoms with van der Waals surface area (Å²) in [6.07, 6.45) is 0. The van der Waals surface area contributed by atoms with Crippen LogP contribution in [0.4, 0.5) is 5.69 Å². The third-order valence-electron chi connectivity index (χ3n) is 2.72. The molecule has 0 aromatic heterocycles. The van der Waals surface area contributed by atoms with E-state index in [1.807, 2.05) is 13.8 Å². The lowest BCUT2D eigenvalue weighted by atomic mass is 10.2. The van der Waals surface area contributed by atoms with Gasteiger partial charge in [-0.1, -0.05) is 17.7 Å². The minimum atomic E-state index is -0.652. The number of hydrogen-bond donors (Lipinski definition) is 1. The number of rotatable bonds is 5. The Morgan fingerprint density at radius 3 is 2.53 bits per heavy atom. The molecule has 1 rings (SSSR count). The molecule has 0 saturated carbocycles. The fraction of sp³-hybridized carbons (Fsp3) is 0.385. The minimum Gasteiger partial charge on any atom is -0.452 e. The molecule has 0 fully saturated rings. The number of nitrogens with zero attached hydrogens (tertiary/aromatic N) is 1. The summed E-state index contributed by atoms with van der Waals surface area (Å²) in [7, 11) is 0. The molecule has 1 aromatic rings. The van der Waals surface area contributed by atoms with E-state index in [0.717, 1.165) is 0 Å². The standard InChI is InChI=1S/C13H17ClN2O3/c1-3-16(4-2)11(17)8-19-13(18)9-6-5-7-10(14)12(9)15/h5-7H,3-4,8,15H2,1-2H3. The molecule has 0 aliphatic rings. The molecule has 0 aliphatic heterocycles. The molecule has 0 unspecified atom stereocenters. The van der Waals surface area contributed by atoms with Gasteiger partial charge in [-0.05, 0) is 26.0 Å². The van der Waals surface area contributed by atoms with Crippen molar-refractivity contribution in [1.82, 2.24) is 4.90 Å². The summed E-state index contributed by atoms with van der Waals surface area (Å²) in [5, 5.41) is 0.282. The van der Waals surface area contributed by atoms with Crippen molar-refractivity contribution in [3.8, 4) is 0 Å². The van der Waals surface area contributed by atoms with Crippen LogP contribution in [0.5, 0.6) is 0 Å². The monoisotopic (exact) mass is 284 g/mol. The number of carbonyl (C=O) groups is 2. The van der Waals surface area contributed by atoms with Gasteiger partial charge in [-0.2, -0.15) is 0 Å². The maximum Gasteiger partial charge on any atom is 0.340 e.